The molecule has 8 nitrogen and oxygen atoms in total. The van der Waals surface area contributed by atoms with Crippen molar-refractivity contribution >= 4 is 9.26 Å². The molecular weight excluding hydrogens is 239 g/mol. The molecule has 0 fully saturated rings. The molecule has 11 heteroatoms. The average Bonchev–Trinajstić information content (AvgIpc) is 0.811. The van der Waals surface area contributed by atoms with Crippen molar-refractivity contribution < 1.29 is 63.3 Å². The second-order valence-electron chi connectivity index (χ2n) is 0.238. The van der Waals surface area contributed by atoms with Crippen molar-refractivity contribution in [2.45, 2.75) is 0 Å². The van der Waals surface area contributed by atoms with Gasteiger partial charge in [-0.1, -0.05) is 0 Å². The van der Waals surface area contributed by atoms with Gasteiger partial charge < -0.3 is 42.1 Å². The van der Waals surface area contributed by atoms with Gasteiger partial charge in [0.25, 0.3) is 0 Å². The summed E-state index contributed by atoms with van der Waals surface area (Å²) in [7, 11) is -3.88. The van der Waals surface area contributed by atoms with Crippen molar-refractivity contribution in [3.8, 4) is 0 Å². The smallest absolute Gasteiger partial charge is 0.560 e. The Bertz CT molecular complexity index is 37.1. The van der Waals surface area contributed by atoms with E-state index in [2.05, 4.69) is 0 Å². The monoisotopic (exact) mass is 250 g/mol. The van der Waals surface area contributed by atoms with Gasteiger partial charge in [-0.2, -0.15) is 0 Å². The van der Waals surface area contributed by atoms with Gasteiger partial charge in [0.1, 0.15) is 0 Å². The van der Waals surface area contributed by atoms with Crippen LogP contribution in [0.25, 0.3) is 0 Å². The van der Waals surface area contributed by atoms with Crippen LogP contribution in [0.1, 0.15) is 0 Å². The van der Waals surface area contributed by atoms with E-state index in [0.29, 0.717) is 0 Å². The maximum atomic E-state index is 9.99. The topological polar surface area (TPSA) is 229 Å². The summed E-state index contributed by atoms with van der Waals surface area (Å²) in [5.74, 6) is 0. The van der Waals surface area contributed by atoms with Crippen LogP contribution in [0.5, 0.6) is 0 Å². The Morgan fingerprint density at radius 3 is 0.909 bits per heavy atom. The first-order valence-electron chi connectivity index (χ1n) is 0.597. The molecule has 0 amide bonds. The van der Waals surface area contributed by atoms with E-state index in [1.54, 1.807) is 0 Å². The molecule has 0 aromatic carbocycles. The third-order valence-electron chi connectivity index (χ3n) is 0. The third-order valence-corrected chi connectivity index (χ3v) is 0. The molecule has 0 saturated carbocycles. The summed E-state index contributed by atoms with van der Waals surface area (Å²) in [5, 5.41) is 0. The number of halogens is 1. The predicted molar refractivity (Wildman–Crippen MR) is 29.2 cm³/mol. The molecule has 12 N–H and O–H groups in total. The second kappa shape index (κ2) is 89.2. The minimum atomic E-state index is -3.88. The van der Waals surface area contributed by atoms with Gasteiger partial charge in [0, 0.05) is 0 Å². The summed E-state index contributed by atoms with van der Waals surface area (Å²) in [6.45, 7) is 0. The standard InChI is InChI=1S/Cu.FO2Si.6H2O/c;1-4(2)3;;;;;;/h;;6*1H2/q+1;-1;;;;;;. The van der Waals surface area contributed by atoms with Crippen molar-refractivity contribution in [3.63, 3.8) is 0 Å². The summed E-state index contributed by atoms with van der Waals surface area (Å²) in [6, 6.07) is 0. The van der Waals surface area contributed by atoms with E-state index in [1.807, 2.05) is 0 Å². The molecule has 0 aromatic heterocycles. The van der Waals surface area contributed by atoms with E-state index in [1.165, 1.54) is 0 Å². The molecule has 11 heavy (non-hydrogen) atoms. The molecular formula is H12CuFO8Si. The predicted octanol–water partition coefficient (Wildman–Crippen LogP) is -6.22. The fourth-order valence-electron chi connectivity index (χ4n) is 0. The first-order valence-corrected chi connectivity index (χ1v) is 1.79. The molecule has 0 atom stereocenters. The van der Waals surface area contributed by atoms with Crippen LogP contribution in [-0.2, 0) is 21.5 Å². The zero-order valence-electron chi connectivity index (χ0n) is 5.00. The van der Waals surface area contributed by atoms with Crippen LogP contribution in [0.15, 0.2) is 0 Å². The van der Waals surface area contributed by atoms with E-state index in [0.717, 1.165) is 0 Å². The molecule has 0 aromatic rings. The zero-order valence-corrected chi connectivity index (χ0v) is 6.94. The molecule has 0 aliphatic heterocycles. The Morgan fingerprint density at radius 1 is 0.909 bits per heavy atom. The summed E-state index contributed by atoms with van der Waals surface area (Å²) < 4.78 is 18.4. The third kappa shape index (κ3) is 929000. The quantitative estimate of drug-likeness (QED) is 0.301. The summed E-state index contributed by atoms with van der Waals surface area (Å²) in [5.41, 5.74) is 0. The van der Waals surface area contributed by atoms with Gasteiger partial charge in [0.15, 0.2) is 0 Å². The molecule has 0 heterocycles. The first-order chi connectivity index (χ1) is 1.73. The van der Waals surface area contributed by atoms with Crippen molar-refractivity contribution in [3.05, 3.63) is 0 Å². The fourth-order valence-corrected chi connectivity index (χ4v) is 0. The van der Waals surface area contributed by atoms with Gasteiger partial charge in [-0.05, 0) is 0 Å². The molecule has 0 spiro atoms. The van der Waals surface area contributed by atoms with E-state index in [-0.39, 0.29) is 49.9 Å². The van der Waals surface area contributed by atoms with Crippen LogP contribution in [0.3, 0.4) is 0 Å². The van der Waals surface area contributed by atoms with Crippen molar-refractivity contribution in [2.24, 2.45) is 0 Å². The maximum absolute atomic E-state index is 9.99. The van der Waals surface area contributed by atoms with Gasteiger partial charge in [-0.3, -0.25) is 4.11 Å². The molecule has 0 bridgehead atoms. The van der Waals surface area contributed by atoms with Crippen LogP contribution in [0.2, 0.25) is 0 Å². The molecule has 0 radical (unpaired) electrons. The van der Waals surface area contributed by atoms with E-state index in [4.69, 9.17) is 9.26 Å². The van der Waals surface area contributed by atoms with Crippen LogP contribution >= 0.6 is 0 Å². The van der Waals surface area contributed by atoms with Crippen LogP contribution in [0, 0.1) is 0 Å². The summed E-state index contributed by atoms with van der Waals surface area (Å²) in [6.07, 6.45) is 0. The van der Waals surface area contributed by atoms with Gasteiger partial charge in [-0.25, -0.2) is 0 Å². The minimum absolute atomic E-state index is 0. The van der Waals surface area contributed by atoms with Crippen LogP contribution < -0.4 is 4.80 Å². The normalized spacial score (nSPS) is 2.27. The minimum Gasteiger partial charge on any atom is -0.560 e. The Kier molecular flexibility index (Phi) is 981. The van der Waals surface area contributed by atoms with E-state index >= 15 is 0 Å². The fraction of sp³-hybridized carbons (Fsp3) is 0. The number of hydrogen-bond donors (Lipinski definition) is 0. The van der Waals surface area contributed by atoms with Crippen molar-refractivity contribution in [1.82, 2.24) is 0 Å². The van der Waals surface area contributed by atoms with Gasteiger partial charge in [-0.15, -0.1) is 0 Å². The molecule has 0 saturated heterocycles. The zero-order chi connectivity index (χ0) is 3.58. The Labute approximate surface area is 73.3 Å². The second-order valence-corrected chi connectivity index (χ2v) is 0.713. The SMILES string of the molecule is O.O.O.O.O.O.O=[Si]([O-])F.[Cu+]. The van der Waals surface area contributed by atoms with Gasteiger partial charge in [0.05, 0.1) is 0 Å². The summed E-state index contributed by atoms with van der Waals surface area (Å²) in [4.78, 5) is 8.41. The van der Waals surface area contributed by atoms with E-state index < -0.39 is 9.26 Å². The van der Waals surface area contributed by atoms with Gasteiger partial charge in [0.2, 0.25) is 0 Å². The largest absolute Gasteiger partial charge is 1.00 e. The molecule has 0 aliphatic rings. The first kappa shape index (κ1) is 121. The molecule has 82 valence electrons. The van der Waals surface area contributed by atoms with Crippen molar-refractivity contribution in [2.75, 3.05) is 0 Å². The molecule has 0 unspecified atom stereocenters. The van der Waals surface area contributed by atoms with Gasteiger partial charge >= 0.3 is 26.3 Å². The Hall–Kier alpha value is 0.0264. The Balaban J connectivity index is -0.00000000214. The number of hydrogen-bond acceptors (Lipinski definition) is 2. The molecule has 0 aliphatic carbocycles. The maximum Gasteiger partial charge on any atom is 1.00 e. The van der Waals surface area contributed by atoms with Crippen molar-refractivity contribution in [1.29, 1.82) is 0 Å². The Morgan fingerprint density at radius 2 is 0.909 bits per heavy atom. The average molecular weight is 251 g/mol. The van der Waals surface area contributed by atoms with Crippen LogP contribution in [-0.4, -0.2) is 42.1 Å². The van der Waals surface area contributed by atoms with Crippen LogP contribution in [0.4, 0.5) is 4.11 Å². The molecule has 0 rings (SSSR count). The number of rotatable bonds is 0. The van der Waals surface area contributed by atoms with E-state index in [9.17, 15) is 4.11 Å². The summed E-state index contributed by atoms with van der Waals surface area (Å²) >= 11 is 0.